The van der Waals surface area contributed by atoms with Crippen molar-refractivity contribution in [2.24, 2.45) is 11.8 Å². The molecule has 8 heteroatoms. The fourth-order valence-electron chi connectivity index (χ4n) is 2.59. The highest BCUT2D eigenvalue weighted by Crippen LogP contribution is 2.22. The molecule has 0 spiro atoms. The zero-order chi connectivity index (χ0) is 16.8. The van der Waals surface area contributed by atoms with Gasteiger partial charge in [-0.3, -0.25) is 4.79 Å². The Balaban J connectivity index is 1.76. The first-order valence-electron chi connectivity index (χ1n) is 7.46. The Labute approximate surface area is 139 Å². The number of urea groups is 1. The third kappa shape index (κ3) is 4.99. The summed E-state index contributed by atoms with van der Waals surface area (Å²) in [7, 11) is 0. The molecule has 126 valence electrons. The van der Waals surface area contributed by atoms with Crippen molar-refractivity contribution in [3.05, 3.63) is 23.4 Å². The van der Waals surface area contributed by atoms with Gasteiger partial charge in [-0.15, -0.1) is 0 Å². The highest BCUT2D eigenvalue weighted by atomic mass is 35.5. The monoisotopic (exact) mass is 341 g/mol. The van der Waals surface area contributed by atoms with Crippen molar-refractivity contribution >= 4 is 23.6 Å². The van der Waals surface area contributed by atoms with E-state index in [0.717, 1.165) is 0 Å². The maximum Gasteiger partial charge on any atom is 0.317 e. The van der Waals surface area contributed by atoms with Crippen LogP contribution in [-0.2, 0) is 4.79 Å². The maximum absolute atomic E-state index is 12.1. The summed E-state index contributed by atoms with van der Waals surface area (Å²) >= 11 is 5.91. The first-order valence-corrected chi connectivity index (χ1v) is 7.84. The van der Waals surface area contributed by atoms with Crippen LogP contribution in [0.25, 0.3) is 0 Å². The van der Waals surface area contributed by atoms with Crippen LogP contribution < -0.4 is 10.1 Å². The molecule has 1 saturated heterocycles. The van der Waals surface area contributed by atoms with Crippen LogP contribution in [0.2, 0.25) is 5.02 Å². The molecule has 2 rings (SSSR count). The standard InChI is InChI=1S/C15H20ClN3O4/c1-10-7-11(14(20)21)9-19(8-10)15(22)18-5-6-23-13-12(16)3-2-4-17-13/h2-4,10-11H,5-9H2,1H3,(H,18,22)(H,20,21). The fraction of sp³-hybridized carbons (Fsp3) is 0.533. The van der Waals surface area contributed by atoms with Gasteiger partial charge < -0.3 is 20.1 Å². The number of amides is 2. The summed E-state index contributed by atoms with van der Waals surface area (Å²) in [5.74, 6) is -0.879. The second-order valence-corrected chi connectivity index (χ2v) is 6.06. The number of carboxylic acid groups (broad SMARTS) is 1. The number of rotatable bonds is 5. The van der Waals surface area contributed by atoms with E-state index in [2.05, 4.69) is 10.3 Å². The van der Waals surface area contributed by atoms with Gasteiger partial charge in [0.25, 0.3) is 0 Å². The first kappa shape index (κ1) is 17.3. The Morgan fingerprint density at radius 1 is 1.52 bits per heavy atom. The van der Waals surface area contributed by atoms with Gasteiger partial charge in [0, 0.05) is 19.3 Å². The fourth-order valence-corrected chi connectivity index (χ4v) is 2.77. The Morgan fingerprint density at radius 3 is 3.00 bits per heavy atom. The number of hydrogen-bond donors (Lipinski definition) is 2. The van der Waals surface area contributed by atoms with Crippen molar-refractivity contribution in [2.75, 3.05) is 26.2 Å². The van der Waals surface area contributed by atoms with E-state index in [1.165, 1.54) is 0 Å². The van der Waals surface area contributed by atoms with Gasteiger partial charge in [-0.25, -0.2) is 9.78 Å². The number of ether oxygens (including phenoxy) is 1. The number of aliphatic carboxylic acids is 1. The number of pyridine rings is 1. The van der Waals surface area contributed by atoms with E-state index >= 15 is 0 Å². The van der Waals surface area contributed by atoms with Crippen molar-refractivity contribution in [2.45, 2.75) is 13.3 Å². The molecule has 0 aliphatic carbocycles. The van der Waals surface area contributed by atoms with Gasteiger partial charge in [-0.1, -0.05) is 18.5 Å². The highest BCUT2D eigenvalue weighted by Gasteiger charge is 2.31. The average Bonchev–Trinajstić information content (AvgIpc) is 2.52. The first-order chi connectivity index (χ1) is 11.0. The molecular weight excluding hydrogens is 322 g/mol. The van der Waals surface area contributed by atoms with Crippen LogP contribution >= 0.6 is 11.6 Å². The minimum Gasteiger partial charge on any atom is -0.481 e. The molecular formula is C15H20ClN3O4. The number of carbonyl (C=O) groups excluding carboxylic acids is 1. The largest absolute Gasteiger partial charge is 0.481 e. The molecule has 1 fully saturated rings. The SMILES string of the molecule is CC1CC(C(=O)O)CN(C(=O)NCCOc2ncccc2Cl)C1. The van der Waals surface area contributed by atoms with E-state index < -0.39 is 11.9 Å². The molecule has 0 saturated carbocycles. The molecule has 0 aromatic carbocycles. The van der Waals surface area contributed by atoms with Crippen molar-refractivity contribution < 1.29 is 19.4 Å². The van der Waals surface area contributed by atoms with Crippen molar-refractivity contribution in [3.8, 4) is 5.88 Å². The molecule has 1 aliphatic rings. The predicted molar refractivity (Wildman–Crippen MR) is 84.6 cm³/mol. The van der Waals surface area contributed by atoms with Crippen LogP contribution in [0.15, 0.2) is 18.3 Å². The molecule has 2 heterocycles. The van der Waals surface area contributed by atoms with E-state index in [0.29, 0.717) is 23.9 Å². The van der Waals surface area contributed by atoms with Crippen molar-refractivity contribution in [1.29, 1.82) is 0 Å². The van der Waals surface area contributed by atoms with Crippen LogP contribution in [-0.4, -0.2) is 53.2 Å². The van der Waals surface area contributed by atoms with Gasteiger partial charge in [0.1, 0.15) is 11.6 Å². The molecule has 23 heavy (non-hydrogen) atoms. The number of nitrogens with zero attached hydrogens (tertiary/aromatic N) is 2. The zero-order valence-electron chi connectivity index (χ0n) is 12.9. The predicted octanol–water partition coefficient (Wildman–Crippen LogP) is 1.87. The third-order valence-electron chi connectivity index (χ3n) is 3.64. The number of piperidine rings is 1. The maximum atomic E-state index is 12.1. The summed E-state index contributed by atoms with van der Waals surface area (Å²) < 4.78 is 5.38. The zero-order valence-corrected chi connectivity index (χ0v) is 13.6. The Hall–Kier alpha value is -2.02. The van der Waals surface area contributed by atoms with Gasteiger partial charge in [-0.2, -0.15) is 0 Å². The molecule has 2 atom stereocenters. The molecule has 2 N–H and O–H groups in total. The molecule has 7 nitrogen and oxygen atoms in total. The third-order valence-corrected chi connectivity index (χ3v) is 3.93. The van der Waals surface area contributed by atoms with E-state index in [4.69, 9.17) is 21.4 Å². The van der Waals surface area contributed by atoms with Gasteiger partial charge in [0.15, 0.2) is 0 Å². The molecule has 0 radical (unpaired) electrons. The lowest BCUT2D eigenvalue weighted by atomic mass is 9.91. The van der Waals surface area contributed by atoms with E-state index in [1.54, 1.807) is 23.2 Å². The topological polar surface area (TPSA) is 91.8 Å². The second-order valence-electron chi connectivity index (χ2n) is 5.65. The molecule has 2 unspecified atom stereocenters. The summed E-state index contributed by atoms with van der Waals surface area (Å²) in [5.41, 5.74) is 0. The second kappa shape index (κ2) is 8.01. The number of likely N-dealkylation sites (tertiary alicyclic amines) is 1. The number of hydrogen-bond acceptors (Lipinski definition) is 4. The lowest BCUT2D eigenvalue weighted by molar-refractivity contribution is -0.143. The van der Waals surface area contributed by atoms with Crippen molar-refractivity contribution in [3.63, 3.8) is 0 Å². The minimum absolute atomic E-state index is 0.166. The Bertz CT molecular complexity index is 569. The summed E-state index contributed by atoms with van der Waals surface area (Å²) in [6.07, 6.45) is 2.17. The van der Waals surface area contributed by atoms with Gasteiger partial charge in [0.2, 0.25) is 5.88 Å². The van der Waals surface area contributed by atoms with E-state index in [1.807, 2.05) is 6.92 Å². The lowest BCUT2D eigenvalue weighted by Gasteiger charge is -2.34. The lowest BCUT2D eigenvalue weighted by Crippen LogP contribution is -2.50. The Kier molecular flexibility index (Phi) is 6.04. The van der Waals surface area contributed by atoms with Crippen molar-refractivity contribution in [1.82, 2.24) is 15.2 Å². The van der Waals surface area contributed by atoms with E-state index in [-0.39, 0.29) is 31.6 Å². The molecule has 1 aromatic rings. The Morgan fingerprint density at radius 2 is 2.30 bits per heavy atom. The minimum atomic E-state index is -0.859. The average molecular weight is 342 g/mol. The highest BCUT2D eigenvalue weighted by molar-refractivity contribution is 6.31. The number of aromatic nitrogens is 1. The van der Waals surface area contributed by atoms with E-state index in [9.17, 15) is 9.59 Å². The molecule has 0 bridgehead atoms. The number of halogens is 1. The normalized spacial score (nSPS) is 20.9. The van der Waals surface area contributed by atoms with Crippen LogP contribution in [0.3, 0.4) is 0 Å². The number of carbonyl (C=O) groups is 2. The molecule has 1 aliphatic heterocycles. The van der Waals surface area contributed by atoms with Crippen LogP contribution in [0.5, 0.6) is 5.88 Å². The van der Waals surface area contributed by atoms with Gasteiger partial charge in [0.05, 0.1) is 12.5 Å². The van der Waals surface area contributed by atoms with Gasteiger partial charge in [-0.05, 0) is 24.5 Å². The summed E-state index contributed by atoms with van der Waals surface area (Å²) in [5, 5.41) is 12.3. The van der Waals surface area contributed by atoms with Crippen LogP contribution in [0.1, 0.15) is 13.3 Å². The summed E-state index contributed by atoms with van der Waals surface area (Å²) in [6.45, 7) is 3.26. The van der Waals surface area contributed by atoms with Crippen LogP contribution in [0, 0.1) is 11.8 Å². The quantitative estimate of drug-likeness (QED) is 0.798. The van der Waals surface area contributed by atoms with Crippen LogP contribution in [0.4, 0.5) is 4.79 Å². The smallest absolute Gasteiger partial charge is 0.317 e. The van der Waals surface area contributed by atoms with Gasteiger partial charge >= 0.3 is 12.0 Å². The number of nitrogens with one attached hydrogen (secondary N) is 1. The molecule has 2 amide bonds. The summed E-state index contributed by atoms with van der Waals surface area (Å²) in [6, 6.07) is 3.09. The number of carboxylic acids is 1. The molecule has 1 aromatic heterocycles. The summed E-state index contributed by atoms with van der Waals surface area (Å²) in [4.78, 5) is 28.8.